The number of amides is 1. The van der Waals surface area contributed by atoms with Crippen molar-refractivity contribution in [3.05, 3.63) is 41.5 Å². The van der Waals surface area contributed by atoms with E-state index in [1.807, 2.05) is 4.90 Å². The summed E-state index contributed by atoms with van der Waals surface area (Å²) in [7, 11) is -3.46. The second-order valence-corrected chi connectivity index (χ2v) is 10.9. The fourth-order valence-electron chi connectivity index (χ4n) is 4.55. The van der Waals surface area contributed by atoms with Crippen molar-refractivity contribution in [1.29, 1.82) is 0 Å². The zero-order valence-electron chi connectivity index (χ0n) is 17.6. The molecular weight excluding hydrogens is 416 g/mol. The lowest BCUT2D eigenvalue weighted by molar-refractivity contribution is 0.0668. The van der Waals surface area contributed by atoms with Crippen molar-refractivity contribution in [3.8, 4) is 0 Å². The molecule has 1 amide bonds. The van der Waals surface area contributed by atoms with Crippen molar-refractivity contribution >= 4 is 15.9 Å². The molecule has 1 aliphatic carbocycles. The summed E-state index contributed by atoms with van der Waals surface area (Å²) in [6, 6.07) is 6.38. The molecule has 2 aromatic rings. The van der Waals surface area contributed by atoms with Gasteiger partial charge in [-0.25, -0.2) is 8.42 Å². The summed E-state index contributed by atoms with van der Waals surface area (Å²) in [5, 5.41) is 4.08. The first kappa shape index (κ1) is 20.6. The van der Waals surface area contributed by atoms with E-state index in [0.717, 1.165) is 44.3 Å². The molecule has 2 saturated heterocycles. The maximum absolute atomic E-state index is 13.0. The van der Waals surface area contributed by atoms with Crippen molar-refractivity contribution in [2.24, 2.45) is 5.92 Å². The first-order valence-electron chi connectivity index (χ1n) is 11.2. The number of carbonyl (C=O) groups is 1. The van der Waals surface area contributed by atoms with E-state index < -0.39 is 10.0 Å². The molecule has 31 heavy (non-hydrogen) atoms. The molecule has 0 bridgehead atoms. The summed E-state index contributed by atoms with van der Waals surface area (Å²) in [4.78, 5) is 19.7. The van der Waals surface area contributed by atoms with Crippen LogP contribution in [-0.2, 0) is 16.4 Å². The minimum atomic E-state index is -3.46. The van der Waals surface area contributed by atoms with Crippen molar-refractivity contribution < 1.29 is 17.7 Å². The summed E-state index contributed by atoms with van der Waals surface area (Å²) < 4.78 is 32.3. The molecule has 0 radical (unpaired) electrons. The van der Waals surface area contributed by atoms with Gasteiger partial charge in [-0.1, -0.05) is 5.16 Å². The van der Waals surface area contributed by atoms with E-state index in [4.69, 9.17) is 4.52 Å². The maximum Gasteiger partial charge on any atom is 0.253 e. The van der Waals surface area contributed by atoms with Crippen LogP contribution in [0.15, 0.2) is 33.7 Å². The monoisotopic (exact) mass is 444 g/mol. The number of benzene rings is 1. The van der Waals surface area contributed by atoms with Gasteiger partial charge in [-0.3, -0.25) is 4.79 Å². The Balaban J connectivity index is 1.22. The Hall–Kier alpha value is -2.26. The van der Waals surface area contributed by atoms with Gasteiger partial charge in [0.15, 0.2) is 5.82 Å². The summed E-state index contributed by atoms with van der Waals surface area (Å²) in [5.74, 6) is 2.19. The van der Waals surface area contributed by atoms with Crippen molar-refractivity contribution in [2.75, 3.05) is 26.2 Å². The molecule has 2 aliphatic heterocycles. The molecule has 1 saturated carbocycles. The average molecular weight is 445 g/mol. The first-order chi connectivity index (χ1) is 15.0. The topological polar surface area (TPSA) is 96.6 Å². The molecule has 0 N–H and O–H groups in total. The number of hydrogen-bond donors (Lipinski definition) is 0. The minimum absolute atomic E-state index is 0.0565. The standard InChI is InChI=1S/C22H28N4O4S/c27-22(18-7-9-19(10-8-18)31(28,29)26-12-1-2-13-26)25-11-3-4-16(15-25)14-20-23-21(24-30-20)17-5-6-17/h7-10,16-17H,1-6,11-15H2. The number of likely N-dealkylation sites (tertiary alicyclic amines) is 1. The molecule has 1 aromatic heterocycles. The van der Waals surface area contributed by atoms with Gasteiger partial charge in [0.2, 0.25) is 15.9 Å². The van der Waals surface area contributed by atoms with Gasteiger partial charge < -0.3 is 9.42 Å². The summed E-state index contributed by atoms with van der Waals surface area (Å²) in [5.41, 5.74) is 0.523. The molecule has 1 atom stereocenters. The van der Waals surface area contributed by atoms with Crippen molar-refractivity contribution in [2.45, 2.75) is 55.8 Å². The molecule has 9 heteroatoms. The van der Waals surface area contributed by atoms with Gasteiger partial charge in [0.25, 0.3) is 5.91 Å². The normalized spacial score (nSPS) is 22.7. The Labute approximate surface area is 182 Å². The number of rotatable bonds is 6. The summed E-state index contributed by atoms with van der Waals surface area (Å²) in [6.45, 7) is 2.49. The van der Waals surface area contributed by atoms with Gasteiger partial charge in [0, 0.05) is 44.1 Å². The molecule has 5 rings (SSSR count). The zero-order chi connectivity index (χ0) is 21.4. The highest BCUT2D eigenvalue weighted by Gasteiger charge is 2.31. The second-order valence-electron chi connectivity index (χ2n) is 8.92. The third kappa shape index (κ3) is 4.39. The van der Waals surface area contributed by atoms with E-state index in [1.54, 1.807) is 24.3 Å². The molecule has 0 spiro atoms. The van der Waals surface area contributed by atoms with Crippen LogP contribution in [0.1, 0.15) is 66.5 Å². The Morgan fingerprint density at radius 1 is 1.03 bits per heavy atom. The molecule has 1 aromatic carbocycles. The van der Waals surface area contributed by atoms with Crippen LogP contribution >= 0.6 is 0 Å². The SMILES string of the molecule is O=C(c1ccc(S(=O)(=O)N2CCCC2)cc1)N1CCCC(Cc2nc(C3CC3)no2)C1. The molecular formula is C22H28N4O4S. The highest BCUT2D eigenvalue weighted by Crippen LogP contribution is 2.38. The fourth-order valence-corrected chi connectivity index (χ4v) is 6.07. The van der Waals surface area contributed by atoms with Crippen LogP contribution in [0.2, 0.25) is 0 Å². The molecule has 166 valence electrons. The Morgan fingerprint density at radius 3 is 2.48 bits per heavy atom. The van der Waals surface area contributed by atoms with Gasteiger partial charge in [-0.05, 0) is 68.7 Å². The van der Waals surface area contributed by atoms with Crippen LogP contribution in [-0.4, -0.2) is 59.8 Å². The number of sulfonamides is 1. The zero-order valence-corrected chi connectivity index (χ0v) is 18.4. The third-order valence-electron chi connectivity index (χ3n) is 6.50. The molecule has 3 aliphatic rings. The number of carbonyl (C=O) groups excluding carboxylic acids is 1. The van der Waals surface area contributed by atoms with E-state index >= 15 is 0 Å². The number of nitrogens with zero attached hydrogens (tertiary/aromatic N) is 4. The van der Waals surface area contributed by atoms with E-state index in [-0.39, 0.29) is 10.8 Å². The van der Waals surface area contributed by atoms with Gasteiger partial charge in [-0.2, -0.15) is 9.29 Å². The Morgan fingerprint density at radius 2 is 1.77 bits per heavy atom. The van der Waals surface area contributed by atoms with Gasteiger partial charge >= 0.3 is 0 Å². The Kier molecular flexibility index (Phi) is 5.56. The van der Waals surface area contributed by atoms with Crippen LogP contribution < -0.4 is 0 Å². The summed E-state index contributed by atoms with van der Waals surface area (Å²) in [6.07, 6.45) is 6.73. The fraction of sp³-hybridized carbons (Fsp3) is 0.591. The van der Waals surface area contributed by atoms with E-state index in [1.165, 1.54) is 4.31 Å². The maximum atomic E-state index is 13.0. The van der Waals surface area contributed by atoms with E-state index in [2.05, 4.69) is 10.1 Å². The van der Waals surface area contributed by atoms with Crippen LogP contribution in [0.5, 0.6) is 0 Å². The van der Waals surface area contributed by atoms with E-state index in [0.29, 0.717) is 55.9 Å². The smallest absolute Gasteiger partial charge is 0.253 e. The second kappa shape index (κ2) is 8.35. The van der Waals surface area contributed by atoms with E-state index in [9.17, 15) is 13.2 Å². The molecule has 1 unspecified atom stereocenters. The quantitative estimate of drug-likeness (QED) is 0.680. The highest BCUT2D eigenvalue weighted by molar-refractivity contribution is 7.89. The van der Waals surface area contributed by atoms with Crippen LogP contribution in [0.25, 0.3) is 0 Å². The van der Waals surface area contributed by atoms with Gasteiger partial charge in [0.05, 0.1) is 4.90 Å². The van der Waals surface area contributed by atoms with Crippen LogP contribution in [0, 0.1) is 5.92 Å². The van der Waals surface area contributed by atoms with Crippen LogP contribution in [0.3, 0.4) is 0 Å². The summed E-state index contributed by atoms with van der Waals surface area (Å²) >= 11 is 0. The minimum Gasteiger partial charge on any atom is -0.339 e. The lowest BCUT2D eigenvalue weighted by atomic mass is 9.94. The van der Waals surface area contributed by atoms with Crippen molar-refractivity contribution in [3.63, 3.8) is 0 Å². The lowest BCUT2D eigenvalue weighted by Gasteiger charge is -2.32. The highest BCUT2D eigenvalue weighted by atomic mass is 32.2. The first-order valence-corrected chi connectivity index (χ1v) is 12.7. The number of hydrogen-bond acceptors (Lipinski definition) is 6. The van der Waals surface area contributed by atoms with Gasteiger partial charge in [0.1, 0.15) is 0 Å². The largest absolute Gasteiger partial charge is 0.339 e. The predicted molar refractivity (Wildman–Crippen MR) is 113 cm³/mol. The Bertz CT molecular complexity index is 1040. The lowest BCUT2D eigenvalue weighted by Crippen LogP contribution is -2.40. The number of aromatic nitrogens is 2. The predicted octanol–water partition coefficient (Wildman–Crippen LogP) is 2.83. The molecule has 8 nitrogen and oxygen atoms in total. The molecule has 3 heterocycles. The third-order valence-corrected chi connectivity index (χ3v) is 8.41. The number of piperidine rings is 1. The van der Waals surface area contributed by atoms with Gasteiger partial charge in [-0.15, -0.1) is 0 Å². The van der Waals surface area contributed by atoms with Crippen LogP contribution in [0.4, 0.5) is 0 Å². The van der Waals surface area contributed by atoms with Crippen molar-refractivity contribution in [1.82, 2.24) is 19.3 Å². The average Bonchev–Trinajstić information content (AvgIpc) is 3.27. The molecule has 3 fully saturated rings.